The standard InChI is InChI=1S/C28H37N9O5/c1-18(38)35-11-8-19(9-12-35)26(40)31-22-3-2-10-37(17-22)28-32-25(23(24(29)39)33-34-28)30-21-6-4-20(5-7-21)27(41)36-13-15-42-16-14-36/h4-7,19,22H,2-3,8-17H2,1H3,(H2,29,39)(H,31,40)(H,30,32,34). The Labute approximate surface area is 244 Å². The highest BCUT2D eigenvalue weighted by molar-refractivity contribution is 5.97. The molecule has 14 heteroatoms. The van der Waals surface area contributed by atoms with E-state index in [0.717, 1.165) is 12.8 Å². The molecule has 3 aliphatic rings. The second-order valence-corrected chi connectivity index (χ2v) is 10.9. The van der Waals surface area contributed by atoms with Gasteiger partial charge in [-0.15, -0.1) is 10.2 Å². The van der Waals surface area contributed by atoms with E-state index >= 15 is 0 Å². The van der Waals surface area contributed by atoms with E-state index in [0.29, 0.717) is 82.5 Å². The largest absolute Gasteiger partial charge is 0.378 e. The number of hydrogen-bond acceptors (Lipinski definition) is 10. The third-order valence-corrected chi connectivity index (χ3v) is 7.96. The molecule has 2 aromatic rings. The third kappa shape index (κ3) is 6.93. The number of likely N-dealkylation sites (tertiary alicyclic amines) is 1. The minimum atomic E-state index is -0.775. The first-order valence-corrected chi connectivity index (χ1v) is 14.4. The fourth-order valence-corrected chi connectivity index (χ4v) is 5.54. The Morgan fingerprint density at radius 1 is 0.929 bits per heavy atom. The molecule has 4 heterocycles. The van der Waals surface area contributed by atoms with Crippen LogP contribution in [0.4, 0.5) is 17.5 Å². The van der Waals surface area contributed by atoms with E-state index in [1.807, 2.05) is 4.90 Å². The Morgan fingerprint density at radius 3 is 2.31 bits per heavy atom. The molecule has 0 spiro atoms. The van der Waals surface area contributed by atoms with Crippen LogP contribution in [-0.4, -0.2) is 107 Å². The number of morpholine rings is 1. The fourth-order valence-electron chi connectivity index (χ4n) is 5.54. The molecule has 0 saturated carbocycles. The number of nitrogens with one attached hydrogen (secondary N) is 2. The first kappa shape index (κ1) is 29.2. The van der Waals surface area contributed by atoms with Crippen molar-refractivity contribution >= 4 is 41.1 Å². The lowest BCUT2D eigenvalue weighted by Gasteiger charge is -2.35. The van der Waals surface area contributed by atoms with Gasteiger partial charge in [-0.05, 0) is 49.9 Å². The molecular weight excluding hydrogens is 542 g/mol. The van der Waals surface area contributed by atoms with Crippen molar-refractivity contribution in [3.8, 4) is 0 Å². The predicted molar refractivity (Wildman–Crippen MR) is 153 cm³/mol. The second kappa shape index (κ2) is 13.1. The number of amides is 4. The summed E-state index contributed by atoms with van der Waals surface area (Å²) in [7, 11) is 0. The van der Waals surface area contributed by atoms with Gasteiger partial charge in [0, 0.05) is 69.4 Å². The van der Waals surface area contributed by atoms with Gasteiger partial charge in [-0.25, -0.2) is 0 Å². The number of aromatic nitrogens is 3. The average molecular weight is 580 g/mol. The molecule has 14 nitrogen and oxygen atoms in total. The van der Waals surface area contributed by atoms with E-state index in [-0.39, 0.29) is 41.2 Å². The zero-order valence-electron chi connectivity index (χ0n) is 23.8. The molecule has 5 rings (SSSR count). The highest BCUT2D eigenvalue weighted by Gasteiger charge is 2.30. The van der Waals surface area contributed by atoms with E-state index in [1.165, 1.54) is 0 Å². The van der Waals surface area contributed by atoms with Crippen LogP contribution in [-0.2, 0) is 14.3 Å². The van der Waals surface area contributed by atoms with E-state index in [4.69, 9.17) is 10.5 Å². The summed E-state index contributed by atoms with van der Waals surface area (Å²) in [6.45, 7) is 6.06. The number of carbonyl (C=O) groups excluding carboxylic acids is 4. The topological polar surface area (TPSA) is 176 Å². The number of ether oxygens (including phenoxy) is 1. The summed E-state index contributed by atoms with van der Waals surface area (Å²) in [5.41, 5.74) is 6.59. The van der Waals surface area contributed by atoms with Crippen LogP contribution in [0.3, 0.4) is 0 Å². The van der Waals surface area contributed by atoms with E-state index in [2.05, 4.69) is 25.8 Å². The molecule has 1 aromatic carbocycles. The molecule has 4 N–H and O–H groups in total. The second-order valence-electron chi connectivity index (χ2n) is 10.9. The van der Waals surface area contributed by atoms with Gasteiger partial charge in [-0.3, -0.25) is 19.2 Å². The molecule has 0 radical (unpaired) electrons. The molecule has 0 bridgehead atoms. The maximum absolute atomic E-state index is 13.0. The summed E-state index contributed by atoms with van der Waals surface area (Å²) < 4.78 is 5.32. The van der Waals surface area contributed by atoms with Crippen LogP contribution in [0.25, 0.3) is 0 Å². The summed E-state index contributed by atoms with van der Waals surface area (Å²) in [5.74, 6) is -0.443. The van der Waals surface area contributed by atoms with Crippen LogP contribution in [0.15, 0.2) is 24.3 Å². The highest BCUT2D eigenvalue weighted by atomic mass is 16.5. The Balaban J connectivity index is 1.23. The molecule has 224 valence electrons. The molecule has 1 atom stereocenters. The minimum absolute atomic E-state index is 0.00563. The monoisotopic (exact) mass is 579 g/mol. The summed E-state index contributed by atoms with van der Waals surface area (Å²) in [5, 5.41) is 14.5. The van der Waals surface area contributed by atoms with Crippen molar-refractivity contribution in [1.82, 2.24) is 30.3 Å². The number of anilines is 3. The molecule has 3 saturated heterocycles. The Bertz CT molecular complexity index is 1310. The number of rotatable bonds is 7. The van der Waals surface area contributed by atoms with Crippen LogP contribution >= 0.6 is 0 Å². The number of nitrogens with two attached hydrogens (primary N) is 1. The van der Waals surface area contributed by atoms with Gasteiger partial charge < -0.3 is 35.8 Å². The molecule has 4 amide bonds. The van der Waals surface area contributed by atoms with Crippen molar-refractivity contribution < 1.29 is 23.9 Å². The number of nitrogens with zero attached hydrogens (tertiary/aromatic N) is 6. The summed E-state index contributed by atoms with van der Waals surface area (Å²) in [6, 6.07) is 6.79. The van der Waals surface area contributed by atoms with Crippen molar-refractivity contribution in [3.63, 3.8) is 0 Å². The minimum Gasteiger partial charge on any atom is -0.378 e. The van der Waals surface area contributed by atoms with Gasteiger partial charge in [-0.1, -0.05) is 0 Å². The molecule has 1 unspecified atom stereocenters. The Hall–Kier alpha value is -4.33. The Morgan fingerprint density at radius 2 is 1.64 bits per heavy atom. The van der Waals surface area contributed by atoms with Crippen molar-refractivity contribution in [2.45, 2.75) is 38.6 Å². The lowest BCUT2D eigenvalue weighted by atomic mass is 9.95. The molecule has 3 aliphatic heterocycles. The van der Waals surface area contributed by atoms with Crippen molar-refractivity contribution in [3.05, 3.63) is 35.5 Å². The SMILES string of the molecule is CC(=O)N1CCC(C(=O)NC2CCCN(c3nnc(C(N)=O)c(Nc4ccc(C(=O)N5CCOCC5)cc4)n3)C2)CC1. The zero-order chi connectivity index (χ0) is 29.6. The lowest BCUT2D eigenvalue weighted by Crippen LogP contribution is -2.51. The fraction of sp³-hybridized carbons (Fsp3) is 0.536. The highest BCUT2D eigenvalue weighted by Crippen LogP contribution is 2.23. The third-order valence-electron chi connectivity index (χ3n) is 7.96. The van der Waals surface area contributed by atoms with Crippen LogP contribution in [0, 0.1) is 5.92 Å². The van der Waals surface area contributed by atoms with Crippen LogP contribution in [0.2, 0.25) is 0 Å². The van der Waals surface area contributed by atoms with Crippen LogP contribution in [0.1, 0.15) is 53.5 Å². The normalized spacial score (nSPS) is 19.7. The van der Waals surface area contributed by atoms with Crippen molar-refractivity contribution in [2.24, 2.45) is 11.7 Å². The lowest BCUT2D eigenvalue weighted by molar-refractivity contribution is -0.134. The van der Waals surface area contributed by atoms with Crippen LogP contribution in [0.5, 0.6) is 0 Å². The van der Waals surface area contributed by atoms with Crippen LogP contribution < -0.4 is 21.3 Å². The first-order chi connectivity index (χ1) is 20.3. The van der Waals surface area contributed by atoms with E-state index in [9.17, 15) is 19.2 Å². The number of primary amides is 1. The van der Waals surface area contributed by atoms with Gasteiger partial charge >= 0.3 is 0 Å². The quantitative estimate of drug-likeness (QED) is 0.419. The van der Waals surface area contributed by atoms with Crippen molar-refractivity contribution in [2.75, 3.05) is 62.7 Å². The maximum atomic E-state index is 13.0. The van der Waals surface area contributed by atoms with Gasteiger partial charge in [0.25, 0.3) is 11.8 Å². The van der Waals surface area contributed by atoms with Gasteiger partial charge in [0.1, 0.15) is 0 Å². The van der Waals surface area contributed by atoms with Gasteiger partial charge in [0.05, 0.1) is 13.2 Å². The number of hydrogen-bond donors (Lipinski definition) is 3. The predicted octanol–water partition coefficient (Wildman–Crippen LogP) is 0.530. The maximum Gasteiger partial charge on any atom is 0.273 e. The Kier molecular flexibility index (Phi) is 9.10. The average Bonchev–Trinajstić information content (AvgIpc) is 3.01. The number of carbonyl (C=O) groups is 4. The zero-order valence-corrected chi connectivity index (χ0v) is 23.8. The molecule has 3 fully saturated rings. The smallest absolute Gasteiger partial charge is 0.273 e. The van der Waals surface area contributed by atoms with E-state index < -0.39 is 5.91 Å². The van der Waals surface area contributed by atoms with Gasteiger partial charge in [0.15, 0.2) is 11.5 Å². The van der Waals surface area contributed by atoms with Gasteiger partial charge in [0.2, 0.25) is 17.8 Å². The van der Waals surface area contributed by atoms with Crippen molar-refractivity contribution in [1.29, 1.82) is 0 Å². The first-order valence-electron chi connectivity index (χ1n) is 14.4. The number of benzene rings is 1. The molecular formula is C28H37N9O5. The summed E-state index contributed by atoms with van der Waals surface area (Å²) >= 11 is 0. The molecule has 0 aliphatic carbocycles. The number of piperidine rings is 2. The summed E-state index contributed by atoms with van der Waals surface area (Å²) in [6.07, 6.45) is 2.94. The summed E-state index contributed by atoms with van der Waals surface area (Å²) in [4.78, 5) is 59.4. The van der Waals surface area contributed by atoms with Gasteiger partial charge in [-0.2, -0.15) is 4.98 Å². The molecule has 1 aromatic heterocycles. The molecule has 42 heavy (non-hydrogen) atoms. The van der Waals surface area contributed by atoms with E-state index in [1.54, 1.807) is 41.0 Å².